The minimum atomic E-state index is 0.644. The highest BCUT2D eigenvalue weighted by molar-refractivity contribution is 7.80. The molecule has 96 valence electrons. The maximum absolute atomic E-state index is 5.11. The highest BCUT2D eigenvalue weighted by atomic mass is 32.1. The molecule has 2 saturated carbocycles. The van der Waals surface area contributed by atoms with Crippen LogP contribution in [0.1, 0.15) is 51.9 Å². The fourth-order valence-corrected chi connectivity index (χ4v) is 3.31. The van der Waals surface area contributed by atoms with Crippen LogP contribution >= 0.6 is 12.2 Å². The van der Waals surface area contributed by atoms with Gasteiger partial charge in [-0.15, -0.1) is 0 Å². The van der Waals surface area contributed by atoms with E-state index in [4.69, 9.17) is 12.2 Å². The third-order valence-corrected chi connectivity index (χ3v) is 4.26. The van der Waals surface area contributed by atoms with Crippen molar-refractivity contribution >= 4 is 23.0 Å². The Morgan fingerprint density at radius 3 is 2.82 bits per heavy atom. The Bertz CT molecular complexity index is 301. The molecule has 2 atom stereocenters. The van der Waals surface area contributed by atoms with E-state index in [2.05, 4.69) is 15.8 Å². The van der Waals surface area contributed by atoms with Crippen LogP contribution in [0.5, 0.6) is 0 Å². The zero-order valence-corrected chi connectivity index (χ0v) is 11.5. The van der Waals surface area contributed by atoms with Gasteiger partial charge in [-0.05, 0) is 56.7 Å². The molecule has 0 aromatic rings. The third kappa shape index (κ3) is 3.66. The van der Waals surface area contributed by atoms with Gasteiger partial charge in [-0.2, -0.15) is 5.10 Å². The van der Waals surface area contributed by atoms with Crippen LogP contribution in [0.2, 0.25) is 0 Å². The summed E-state index contributed by atoms with van der Waals surface area (Å²) < 4.78 is 0. The number of hydrogen-bond donors (Lipinski definition) is 2. The second-order valence-corrected chi connectivity index (χ2v) is 5.60. The van der Waals surface area contributed by atoms with E-state index in [9.17, 15) is 0 Å². The topological polar surface area (TPSA) is 36.4 Å². The number of rotatable bonds is 2. The Hall–Kier alpha value is -0.640. The maximum Gasteiger partial charge on any atom is 0.186 e. The maximum atomic E-state index is 5.11. The standard InChI is InChI=1S/C13H23N3S/c1-2-14-13(17)16-15-12-8-7-10-5-3-4-6-11(10)9-12/h10-11H,2-9H2,1H3,(H2,14,16,17)/b15-12-/t10-,11+/m0/s1. The Morgan fingerprint density at radius 2 is 2.06 bits per heavy atom. The van der Waals surface area contributed by atoms with Crippen molar-refractivity contribution in [2.24, 2.45) is 16.9 Å². The largest absolute Gasteiger partial charge is 0.362 e. The van der Waals surface area contributed by atoms with Crippen molar-refractivity contribution in [2.45, 2.75) is 51.9 Å². The second kappa shape index (κ2) is 6.34. The molecular formula is C13H23N3S. The number of hydrazone groups is 1. The summed E-state index contributed by atoms with van der Waals surface area (Å²) in [5, 5.41) is 8.15. The molecule has 17 heavy (non-hydrogen) atoms. The van der Waals surface area contributed by atoms with Crippen LogP contribution in [0.4, 0.5) is 0 Å². The van der Waals surface area contributed by atoms with Crippen LogP contribution in [-0.2, 0) is 0 Å². The van der Waals surface area contributed by atoms with Crippen LogP contribution in [0, 0.1) is 11.8 Å². The molecule has 0 radical (unpaired) electrons. The van der Waals surface area contributed by atoms with Crippen LogP contribution in [0.25, 0.3) is 0 Å². The lowest BCUT2D eigenvalue weighted by Crippen LogP contribution is -2.34. The van der Waals surface area contributed by atoms with Crippen molar-refractivity contribution in [3.8, 4) is 0 Å². The van der Waals surface area contributed by atoms with Crippen molar-refractivity contribution in [3.05, 3.63) is 0 Å². The van der Waals surface area contributed by atoms with Gasteiger partial charge in [-0.25, -0.2) is 0 Å². The molecular weight excluding hydrogens is 230 g/mol. The average molecular weight is 253 g/mol. The molecule has 2 fully saturated rings. The first-order valence-electron chi connectivity index (χ1n) is 6.89. The third-order valence-electron chi connectivity index (χ3n) is 4.02. The minimum Gasteiger partial charge on any atom is -0.362 e. The second-order valence-electron chi connectivity index (χ2n) is 5.20. The fourth-order valence-electron chi connectivity index (χ4n) is 3.12. The number of nitrogens with zero attached hydrogens (tertiary/aromatic N) is 1. The Kier molecular flexibility index (Phi) is 4.77. The lowest BCUT2D eigenvalue weighted by Gasteiger charge is -2.35. The molecule has 4 heteroatoms. The van der Waals surface area contributed by atoms with Gasteiger partial charge < -0.3 is 5.32 Å². The molecule has 2 aliphatic carbocycles. The van der Waals surface area contributed by atoms with Crippen LogP contribution in [-0.4, -0.2) is 17.4 Å². The van der Waals surface area contributed by atoms with Gasteiger partial charge in [0.15, 0.2) is 5.11 Å². The van der Waals surface area contributed by atoms with E-state index < -0.39 is 0 Å². The molecule has 0 spiro atoms. The normalized spacial score (nSPS) is 30.8. The molecule has 0 aliphatic heterocycles. The van der Waals surface area contributed by atoms with Gasteiger partial charge in [-0.1, -0.05) is 19.3 Å². The highest BCUT2D eigenvalue weighted by Crippen LogP contribution is 2.39. The van der Waals surface area contributed by atoms with Gasteiger partial charge in [0.05, 0.1) is 0 Å². The SMILES string of the molecule is CCNC(=S)N/N=C1/CC[C@@H]2CCCC[C@@H]2C1. The number of thiocarbonyl (C=S) groups is 1. The van der Waals surface area contributed by atoms with Crippen LogP contribution < -0.4 is 10.7 Å². The predicted molar refractivity (Wildman–Crippen MR) is 76.1 cm³/mol. The van der Waals surface area contributed by atoms with Crippen LogP contribution in [0.3, 0.4) is 0 Å². The summed E-state index contributed by atoms with van der Waals surface area (Å²) in [7, 11) is 0. The minimum absolute atomic E-state index is 0.644. The summed E-state index contributed by atoms with van der Waals surface area (Å²) in [6.07, 6.45) is 9.38. The Labute approximate surface area is 109 Å². The Morgan fingerprint density at radius 1 is 1.29 bits per heavy atom. The fraction of sp³-hybridized carbons (Fsp3) is 0.846. The van der Waals surface area contributed by atoms with Gasteiger partial charge in [0.1, 0.15) is 0 Å². The quantitative estimate of drug-likeness (QED) is 0.587. The van der Waals surface area contributed by atoms with Crippen molar-refractivity contribution in [1.82, 2.24) is 10.7 Å². The van der Waals surface area contributed by atoms with E-state index in [0.29, 0.717) is 5.11 Å². The molecule has 2 rings (SSSR count). The van der Waals surface area contributed by atoms with Gasteiger partial charge in [-0.3, -0.25) is 5.43 Å². The van der Waals surface area contributed by atoms with E-state index in [1.807, 2.05) is 6.92 Å². The zero-order valence-electron chi connectivity index (χ0n) is 10.7. The van der Waals surface area contributed by atoms with E-state index in [1.165, 1.54) is 44.2 Å². The average Bonchev–Trinajstić information content (AvgIpc) is 2.36. The molecule has 0 aromatic heterocycles. The van der Waals surface area contributed by atoms with E-state index in [-0.39, 0.29) is 0 Å². The summed E-state index contributed by atoms with van der Waals surface area (Å²) in [5.41, 5.74) is 4.27. The first kappa shape index (κ1) is 12.8. The van der Waals surface area contributed by atoms with Gasteiger partial charge in [0.25, 0.3) is 0 Å². The van der Waals surface area contributed by atoms with Gasteiger partial charge >= 0.3 is 0 Å². The van der Waals surface area contributed by atoms with Gasteiger partial charge in [0.2, 0.25) is 0 Å². The molecule has 0 bridgehead atoms. The molecule has 3 nitrogen and oxygen atoms in total. The molecule has 0 aromatic carbocycles. The molecule has 2 aliphatic rings. The highest BCUT2D eigenvalue weighted by Gasteiger charge is 2.30. The van der Waals surface area contributed by atoms with E-state index in [0.717, 1.165) is 24.8 Å². The van der Waals surface area contributed by atoms with Crippen LogP contribution in [0.15, 0.2) is 5.10 Å². The molecule has 0 amide bonds. The monoisotopic (exact) mass is 253 g/mol. The zero-order chi connectivity index (χ0) is 12.1. The molecule has 0 heterocycles. The smallest absolute Gasteiger partial charge is 0.186 e. The van der Waals surface area contributed by atoms with Gasteiger partial charge in [0, 0.05) is 12.3 Å². The Balaban J connectivity index is 1.82. The first-order valence-corrected chi connectivity index (χ1v) is 7.29. The lowest BCUT2D eigenvalue weighted by molar-refractivity contribution is 0.218. The molecule has 0 unspecified atom stereocenters. The number of hydrogen-bond acceptors (Lipinski definition) is 2. The lowest BCUT2D eigenvalue weighted by atomic mass is 9.70. The summed E-state index contributed by atoms with van der Waals surface area (Å²) in [5.74, 6) is 1.87. The number of nitrogens with one attached hydrogen (secondary N) is 2. The summed E-state index contributed by atoms with van der Waals surface area (Å²) in [6.45, 7) is 2.88. The van der Waals surface area contributed by atoms with Crippen molar-refractivity contribution in [2.75, 3.05) is 6.54 Å². The summed E-state index contributed by atoms with van der Waals surface area (Å²) in [6, 6.07) is 0. The predicted octanol–water partition coefficient (Wildman–Crippen LogP) is 2.82. The van der Waals surface area contributed by atoms with E-state index >= 15 is 0 Å². The summed E-state index contributed by atoms with van der Waals surface area (Å²) >= 11 is 5.11. The van der Waals surface area contributed by atoms with Crippen molar-refractivity contribution in [1.29, 1.82) is 0 Å². The van der Waals surface area contributed by atoms with Crippen molar-refractivity contribution < 1.29 is 0 Å². The number of fused-ring (bicyclic) bond motifs is 1. The summed E-state index contributed by atoms with van der Waals surface area (Å²) in [4.78, 5) is 0. The first-order chi connectivity index (χ1) is 8.29. The molecule has 0 saturated heterocycles. The van der Waals surface area contributed by atoms with Crippen molar-refractivity contribution in [3.63, 3.8) is 0 Å². The molecule has 2 N–H and O–H groups in total. The van der Waals surface area contributed by atoms with E-state index in [1.54, 1.807) is 0 Å².